The number of benzene rings is 2. The van der Waals surface area contributed by atoms with Crippen LogP contribution in [-0.4, -0.2) is 30.5 Å². The zero-order valence-corrected chi connectivity index (χ0v) is 18.0. The predicted octanol–water partition coefficient (Wildman–Crippen LogP) is 3.58. The standard InChI is InChI=1S/C22H20N4O5S/c1-13-20-14(12-23-13)10-18(25-22(20)28)21(27)24-17-11-15(26-32(2,29)30)8-9-19(17)31-16-6-4-3-5-7-16/h3-12,23,26H,1-2H3,(H,24,27)(H,25,28). The van der Waals surface area contributed by atoms with Crippen LogP contribution in [0.1, 0.15) is 16.2 Å². The van der Waals surface area contributed by atoms with Crippen molar-refractivity contribution in [3.05, 3.63) is 82.5 Å². The lowest BCUT2D eigenvalue weighted by molar-refractivity contribution is 0.102. The number of sulfonamides is 1. The van der Waals surface area contributed by atoms with Gasteiger partial charge in [0, 0.05) is 17.3 Å². The summed E-state index contributed by atoms with van der Waals surface area (Å²) >= 11 is 0. The van der Waals surface area contributed by atoms with Crippen molar-refractivity contribution in [2.45, 2.75) is 6.92 Å². The smallest absolute Gasteiger partial charge is 0.272 e. The number of aromatic nitrogens is 2. The highest BCUT2D eigenvalue weighted by atomic mass is 32.2. The Morgan fingerprint density at radius 2 is 1.81 bits per heavy atom. The van der Waals surface area contributed by atoms with Crippen LogP contribution in [0.3, 0.4) is 0 Å². The number of ether oxygens (including phenoxy) is 1. The van der Waals surface area contributed by atoms with Gasteiger partial charge in [0.2, 0.25) is 10.0 Å². The summed E-state index contributed by atoms with van der Waals surface area (Å²) < 4.78 is 31.5. The van der Waals surface area contributed by atoms with Crippen molar-refractivity contribution < 1.29 is 17.9 Å². The third-order valence-corrected chi connectivity index (χ3v) is 5.24. The Kier molecular flexibility index (Phi) is 5.45. The molecule has 32 heavy (non-hydrogen) atoms. The molecule has 0 aliphatic heterocycles. The first kappa shape index (κ1) is 21.2. The van der Waals surface area contributed by atoms with Gasteiger partial charge in [0.25, 0.3) is 11.5 Å². The number of carbonyl (C=O) groups is 1. The summed E-state index contributed by atoms with van der Waals surface area (Å²) in [6, 6.07) is 15.0. The maximum Gasteiger partial charge on any atom is 0.272 e. The number of fused-ring (bicyclic) bond motifs is 1. The van der Waals surface area contributed by atoms with Crippen molar-refractivity contribution in [3.8, 4) is 11.5 Å². The molecule has 2 heterocycles. The number of aromatic amines is 2. The van der Waals surface area contributed by atoms with Crippen LogP contribution in [0.4, 0.5) is 11.4 Å². The number of hydrogen-bond donors (Lipinski definition) is 4. The molecule has 0 aliphatic rings. The van der Waals surface area contributed by atoms with Crippen LogP contribution in [0.25, 0.3) is 10.8 Å². The highest BCUT2D eigenvalue weighted by Crippen LogP contribution is 2.32. The first-order chi connectivity index (χ1) is 15.2. The van der Waals surface area contributed by atoms with Gasteiger partial charge in [-0.3, -0.25) is 14.3 Å². The van der Waals surface area contributed by atoms with Crippen LogP contribution in [0.5, 0.6) is 11.5 Å². The second-order valence-corrected chi connectivity index (χ2v) is 8.96. The second kappa shape index (κ2) is 8.23. The first-order valence-corrected chi connectivity index (χ1v) is 11.5. The fourth-order valence-corrected chi connectivity index (χ4v) is 3.82. The molecular weight excluding hydrogens is 432 g/mol. The largest absolute Gasteiger partial charge is 0.455 e. The van der Waals surface area contributed by atoms with E-state index in [9.17, 15) is 18.0 Å². The van der Waals surface area contributed by atoms with Gasteiger partial charge in [-0.1, -0.05) is 18.2 Å². The molecule has 2 aromatic carbocycles. The summed E-state index contributed by atoms with van der Waals surface area (Å²) in [7, 11) is -3.53. The lowest BCUT2D eigenvalue weighted by atomic mass is 10.2. The topological polar surface area (TPSA) is 133 Å². The third kappa shape index (κ3) is 4.65. The van der Waals surface area contributed by atoms with Crippen LogP contribution in [0.15, 0.2) is 65.6 Å². The van der Waals surface area contributed by atoms with Crippen LogP contribution in [0, 0.1) is 6.92 Å². The average Bonchev–Trinajstić information content (AvgIpc) is 3.11. The number of para-hydroxylation sites is 1. The number of amides is 1. The lowest BCUT2D eigenvalue weighted by Crippen LogP contribution is -2.19. The Balaban J connectivity index is 1.70. The highest BCUT2D eigenvalue weighted by Gasteiger charge is 2.16. The van der Waals surface area contributed by atoms with Crippen molar-refractivity contribution in [1.82, 2.24) is 9.97 Å². The highest BCUT2D eigenvalue weighted by molar-refractivity contribution is 7.92. The minimum absolute atomic E-state index is 0.0497. The molecule has 0 radical (unpaired) electrons. The second-order valence-electron chi connectivity index (χ2n) is 7.21. The van der Waals surface area contributed by atoms with Crippen molar-refractivity contribution in [2.24, 2.45) is 0 Å². The van der Waals surface area contributed by atoms with Gasteiger partial charge < -0.3 is 20.0 Å². The molecule has 10 heteroatoms. The molecule has 0 saturated carbocycles. The number of nitrogens with one attached hydrogen (secondary N) is 4. The van der Waals surface area contributed by atoms with Gasteiger partial charge in [-0.2, -0.15) is 0 Å². The number of carbonyl (C=O) groups excluding carboxylic acids is 1. The maximum absolute atomic E-state index is 12.9. The van der Waals surface area contributed by atoms with E-state index in [0.29, 0.717) is 28.0 Å². The van der Waals surface area contributed by atoms with E-state index in [1.807, 2.05) is 6.07 Å². The molecule has 164 valence electrons. The van der Waals surface area contributed by atoms with E-state index in [1.54, 1.807) is 43.5 Å². The molecule has 0 fully saturated rings. The predicted molar refractivity (Wildman–Crippen MR) is 123 cm³/mol. The fraction of sp³-hybridized carbons (Fsp3) is 0.0909. The Morgan fingerprint density at radius 3 is 2.53 bits per heavy atom. The summed E-state index contributed by atoms with van der Waals surface area (Å²) in [6.45, 7) is 1.77. The summed E-state index contributed by atoms with van der Waals surface area (Å²) in [5.74, 6) is 0.242. The zero-order chi connectivity index (χ0) is 22.9. The van der Waals surface area contributed by atoms with Gasteiger partial charge >= 0.3 is 0 Å². The molecule has 0 bridgehead atoms. The Labute approximate surface area is 183 Å². The number of H-pyrrole nitrogens is 2. The van der Waals surface area contributed by atoms with Crippen LogP contribution in [-0.2, 0) is 10.0 Å². The van der Waals surface area contributed by atoms with Crippen molar-refractivity contribution in [1.29, 1.82) is 0 Å². The van der Waals surface area contributed by atoms with Gasteiger partial charge in [-0.15, -0.1) is 0 Å². The molecule has 0 saturated heterocycles. The number of aryl methyl sites for hydroxylation is 1. The first-order valence-electron chi connectivity index (χ1n) is 9.57. The molecule has 9 nitrogen and oxygen atoms in total. The van der Waals surface area contributed by atoms with E-state index in [4.69, 9.17) is 4.74 Å². The quantitative estimate of drug-likeness (QED) is 0.355. The molecule has 4 N–H and O–H groups in total. The molecule has 0 aliphatic carbocycles. The Bertz CT molecular complexity index is 1470. The summed E-state index contributed by atoms with van der Waals surface area (Å²) in [5.41, 5.74) is 0.826. The lowest BCUT2D eigenvalue weighted by Gasteiger charge is -2.14. The number of pyridine rings is 1. The van der Waals surface area contributed by atoms with Crippen molar-refractivity contribution in [2.75, 3.05) is 16.3 Å². The number of anilines is 2. The number of rotatable bonds is 6. The minimum atomic E-state index is -3.53. The molecule has 0 spiro atoms. The van der Waals surface area contributed by atoms with E-state index in [-0.39, 0.29) is 22.6 Å². The van der Waals surface area contributed by atoms with E-state index in [1.165, 1.54) is 18.2 Å². The normalized spacial score (nSPS) is 11.3. The molecule has 0 atom stereocenters. The van der Waals surface area contributed by atoms with Gasteiger partial charge in [0.05, 0.1) is 23.0 Å². The summed E-state index contributed by atoms with van der Waals surface area (Å²) in [5, 5.41) is 3.77. The molecule has 4 aromatic rings. The van der Waals surface area contributed by atoms with Crippen LogP contribution in [0.2, 0.25) is 0 Å². The number of hydrogen-bond acceptors (Lipinski definition) is 5. The monoisotopic (exact) mass is 452 g/mol. The molecule has 4 rings (SSSR count). The average molecular weight is 452 g/mol. The van der Waals surface area contributed by atoms with Crippen LogP contribution >= 0.6 is 0 Å². The van der Waals surface area contributed by atoms with Gasteiger partial charge in [0.1, 0.15) is 11.4 Å². The summed E-state index contributed by atoms with van der Waals surface area (Å²) in [6.07, 6.45) is 2.68. The van der Waals surface area contributed by atoms with Gasteiger partial charge in [-0.25, -0.2) is 8.42 Å². The third-order valence-electron chi connectivity index (χ3n) is 4.63. The maximum atomic E-state index is 12.9. The molecule has 1 amide bonds. The SMILES string of the molecule is Cc1[nH]cc2cc(C(=O)Nc3cc(NS(C)(=O)=O)ccc3Oc3ccccc3)[nH]c(=O)c12. The van der Waals surface area contributed by atoms with Gasteiger partial charge in [-0.05, 0) is 43.3 Å². The molecule has 0 unspecified atom stereocenters. The van der Waals surface area contributed by atoms with Gasteiger partial charge in [0.15, 0.2) is 5.75 Å². The molecule has 2 aromatic heterocycles. The van der Waals surface area contributed by atoms with E-state index >= 15 is 0 Å². The van der Waals surface area contributed by atoms with Crippen molar-refractivity contribution >= 4 is 38.1 Å². The molecular formula is C22H20N4O5S. The minimum Gasteiger partial charge on any atom is -0.455 e. The Morgan fingerprint density at radius 1 is 1.06 bits per heavy atom. The van der Waals surface area contributed by atoms with Crippen LogP contribution < -0.4 is 20.3 Å². The zero-order valence-electron chi connectivity index (χ0n) is 17.2. The summed E-state index contributed by atoms with van der Waals surface area (Å²) in [4.78, 5) is 30.9. The van der Waals surface area contributed by atoms with E-state index in [0.717, 1.165) is 6.26 Å². The van der Waals surface area contributed by atoms with Crippen molar-refractivity contribution in [3.63, 3.8) is 0 Å². The van der Waals surface area contributed by atoms with E-state index < -0.39 is 15.9 Å². The Hall–Kier alpha value is -4.05. The fourth-order valence-electron chi connectivity index (χ4n) is 3.26. The van der Waals surface area contributed by atoms with E-state index in [2.05, 4.69) is 20.0 Å².